The number of aromatic nitrogens is 1. The van der Waals surface area contributed by atoms with E-state index in [9.17, 15) is 9.90 Å². The zero-order chi connectivity index (χ0) is 13.8. The third-order valence-corrected chi connectivity index (χ3v) is 3.84. The van der Waals surface area contributed by atoms with E-state index in [4.69, 9.17) is 4.74 Å². The number of rotatable bonds is 5. The summed E-state index contributed by atoms with van der Waals surface area (Å²) in [5.41, 5.74) is 1.36. The monoisotopic (exact) mass is 277 g/mol. The van der Waals surface area contributed by atoms with Gasteiger partial charge in [0, 0.05) is 19.1 Å². The lowest BCUT2D eigenvalue weighted by molar-refractivity contribution is 0.0702. The molecule has 1 aromatic carbocycles. The van der Waals surface area contributed by atoms with Crippen molar-refractivity contribution in [2.45, 2.75) is 19.4 Å². The molecule has 1 heterocycles. The van der Waals surface area contributed by atoms with Crippen LogP contribution < -0.4 is 0 Å². The lowest BCUT2D eigenvalue weighted by Gasteiger charge is -2.05. The summed E-state index contributed by atoms with van der Waals surface area (Å²) < 4.78 is 5.19. The topological polar surface area (TPSA) is 59.4 Å². The molecule has 19 heavy (non-hydrogen) atoms. The average molecular weight is 277 g/mol. The highest BCUT2D eigenvalue weighted by Gasteiger charge is 2.19. The Labute approximate surface area is 115 Å². The van der Waals surface area contributed by atoms with Crippen LogP contribution in [0, 0.1) is 0 Å². The second kappa shape index (κ2) is 5.95. The van der Waals surface area contributed by atoms with Crippen LogP contribution in [0.3, 0.4) is 0 Å². The number of carboxylic acid groups (broad SMARTS) is 1. The quantitative estimate of drug-likeness (QED) is 0.912. The van der Waals surface area contributed by atoms with E-state index in [0.717, 1.165) is 10.6 Å². The molecule has 1 N–H and O–H groups in total. The number of benzene rings is 1. The number of aromatic carboxylic acids is 1. The summed E-state index contributed by atoms with van der Waals surface area (Å²) in [7, 11) is 1.63. The number of methoxy groups -OCH3 is 1. The van der Waals surface area contributed by atoms with Crippen molar-refractivity contribution in [2.75, 3.05) is 7.11 Å². The molecule has 1 atom stereocenters. The Morgan fingerprint density at radius 3 is 2.68 bits per heavy atom. The summed E-state index contributed by atoms with van der Waals surface area (Å²) in [6.45, 7) is 1.93. The molecule has 100 valence electrons. The number of carbonyl (C=O) groups is 1. The first-order valence-electron chi connectivity index (χ1n) is 5.93. The van der Waals surface area contributed by atoms with Gasteiger partial charge in [-0.2, -0.15) is 0 Å². The number of hydrogen-bond donors (Lipinski definition) is 1. The number of hydrogen-bond acceptors (Lipinski definition) is 4. The van der Waals surface area contributed by atoms with Gasteiger partial charge in [0.25, 0.3) is 0 Å². The van der Waals surface area contributed by atoms with Gasteiger partial charge in [0.05, 0.1) is 16.8 Å². The van der Waals surface area contributed by atoms with E-state index in [1.807, 2.05) is 37.3 Å². The largest absolute Gasteiger partial charge is 0.477 e. The first kappa shape index (κ1) is 13.7. The molecule has 2 rings (SSSR count). The number of thiazole rings is 1. The van der Waals surface area contributed by atoms with Gasteiger partial charge in [0.15, 0.2) is 0 Å². The standard InChI is InChI=1S/C14H15NO3S/c1-9(18-2)8-11-15-12(13(19-11)14(16)17)10-6-4-3-5-7-10/h3-7,9H,8H2,1-2H3,(H,16,17). The van der Waals surface area contributed by atoms with Crippen LogP contribution in [0.2, 0.25) is 0 Å². The van der Waals surface area contributed by atoms with Gasteiger partial charge in [0.2, 0.25) is 0 Å². The van der Waals surface area contributed by atoms with Gasteiger partial charge in [-0.15, -0.1) is 11.3 Å². The minimum atomic E-state index is -0.937. The smallest absolute Gasteiger partial charge is 0.348 e. The number of nitrogens with zero attached hydrogens (tertiary/aromatic N) is 1. The predicted octanol–water partition coefficient (Wildman–Crippen LogP) is 3.09. The highest BCUT2D eigenvalue weighted by molar-refractivity contribution is 7.14. The van der Waals surface area contributed by atoms with E-state index in [2.05, 4.69) is 4.98 Å². The van der Waals surface area contributed by atoms with Crippen LogP contribution in [0.5, 0.6) is 0 Å². The van der Waals surface area contributed by atoms with Gasteiger partial charge >= 0.3 is 5.97 Å². The first-order chi connectivity index (χ1) is 9.11. The van der Waals surface area contributed by atoms with Crippen LogP contribution >= 0.6 is 11.3 Å². The average Bonchev–Trinajstić information content (AvgIpc) is 2.83. The van der Waals surface area contributed by atoms with Gasteiger partial charge in [-0.1, -0.05) is 30.3 Å². The zero-order valence-electron chi connectivity index (χ0n) is 10.8. The predicted molar refractivity (Wildman–Crippen MR) is 74.7 cm³/mol. The van der Waals surface area contributed by atoms with Gasteiger partial charge in [-0.3, -0.25) is 0 Å². The highest BCUT2D eigenvalue weighted by Crippen LogP contribution is 2.29. The molecule has 1 unspecified atom stereocenters. The van der Waals surface area contributed by atoms with Crippen molar-refractivity contribution in [1.29, 1.82) is 0 Å². The number of carboxylic acids is 1. The molecule has 0 aliphatic heterocycles. The molecule has 0 amide bonds. The first-order valence-corrected chi connectivity index (χ1v) is 6.74. The van der Waals surface area contributed by atoms with Crippen LogP contribution in [0.1, 0.15) is 21.6 Å². The second-order valence-electron chi connectivity index (χ2n) is 4.21. The Morgan fingerprint density at radius 1 is 1.42 bits per heavy atom. The van der Waals surface area contributed by atoms with E-state index in [-0.39, 0.29) is 11.0 Å². The molecule has 0 saturated carbocycles. The Bertz CT molecular complexity index is 565. The molecular weight excluding hydrogens is 262 g/mol. The molecule has 0 saturated heterocycles. The normalized spacial score (nSPS) is 12.3. The maximum Gasteiger partial charge on any atom is 0.348 e. The number of ether oxygens (including phenoxy) is 1. The highest BCUT2D eigenvalue weighted by atomic mass is 32.1. The molecule has 0 aliphatic rings. The van der Waals surface area contributed by atoms with Crippen molar-refractivity contribution in [3.05, 3.63) is 40.2 Å². The second-order valence-corrected chi connectivity index (χ2v) is 5.29. The lowest BCUT2D eigenvalue weighted by atomic mass is 10.1. The summed E-state index contributed by atoms with van der Waals surface area (Å²) in [6, 6.07) is 9.37. The molecule has 0 radical (unpaired) electrons. The fraction of sp³-hybridized carbons (Fsp3) is 0.286. The molecular formula is C14H15NO3S. The van der Waals surface area contributed by atoms with Gasteiger partial charge in [-0.25, -0.2) is 9.78 Å². The molecule has 0 fully saturated rings. The van der Waals surface area contributed by atoms with Crippen LogP contribution in [-0.4, -0.2) is 29.3 Å². The Hall–Kier alpha value is -1.72. The minimum Gasteiger partial charge on any atom is -0.477 e. The fourth-order valence-electron chi connectivity index (χ4n) is 1.72. The van der Waals surface area contributed by atoms with E-state index < -0.39 is 5.97 Å². The maximum absolute atomic E-state index is 11.3. The fourth-order valence-corrected chi connectivity index (χ4v) is 2.76. The van der Waals surface area contributed by atoms with Crippen LogP contribution in [0.15, 0.2) is 30.3 Å². The van der Waals surface area contributed by atoms with E-state index >= 15 is 0 Å². The summed E-state index contributed by atoms with van der Waals surface area (Å²) in [4.78, 5) is 16.0. The molecule has 1 aromatic heterocycles. The van der Waals surface area contributed by atoms with Gasteiger partial charge in [-0.05, 0) is 6.92 Å². The van der Waals surface area contributed by atoms with E-state index in [1.165, 1.54) is 11.3 Å². The van der Waals surface area contributed by atoms with Gasteiger partial charge in [0.1, 0.15) is 4.88 Å². The van der Waals surface area contributed by atoms with Crippen molar-refractivity contribution in [3.8, 4) is 11.3 Å². The van der Waals surface area contributed by atoms with Crippen molar-refractivity contribution in [2.24, 2.45) is 0 Å². The van der Waals surface area contributed by atoms with Crippen molar-refractivity contribution >= 4 is 17.3 Å². The van der Waals surface area contributed by atoms with Gasteiger partial charge < -0.3 is 9.84 Å². The Kier molecular flexibility index (Phi) is 4.29. The third kappa shape index (κ3) is 3.19. The molecule has 2 aromatic rings. The van der Waals surface area contributed by atoms with Crippen LogP contribution in [-0.2, 0) is 11.2 Å². The summed E-state index contributed by atoms with van der Waals surface area (Å²) in [6.07, 6.45) is 0.644. The van der Waals surface area contributed by atoms with E-state index in [1.54, 1.807) is 7.11 Å². The van der Waals surface area contributed by atoms with E-state index in [0.29, 0.717) is 12.1 Å². The van der Waals surface area contributed by atoms with Crippen LogP contribution in [0.4, 0.5) is 0 Å². The van der Waals surface area contributed by atoms with Crippen molar-refractivity contribution in [1.82, 2.24) is 4.98 Å². The molecule has 0 aliphatic carbocycles. The third-order valence-electron chi connectivity index (χ3n) is 2.78. The Morgan fingerprint density at radius 2 is 2.11 bits per heavy atom. The Balaban J connectivity index is 2.39. The summed E-state index contributed by atoms with van der Waals surface area (Å²) >= 11 is 1.22. The zero-order valence-corrected chi connectivity index (χ0v) is 11.6. The van der Waals surface area contributed by atoms with Crippen LogP contribution in [0.25, 0.3) is 11.3 Å². The molecule has 5 heteroatoms. The molecule has 4 nitrogen and oxygen atoms in total. The summed E-state index contributed by atoms with van der Waals surface area (Å²) in [5.74, 6) is -0.937. The lowest BCUT2D eigenvalue weighted by Crippen LogP contribution is -2.08. The van der Waals surface area contributed by atoms with Crippen molar-refractivity contribution in [3.63, 3.8) is 0 Å². The molecule has 0 spiro atoms. The minimum absolute atomic E-state index is 0.0245. The maximum atomic E-state index is 11.3. The summed E-state index contributed by atoms with van der Waals surface area (Å²) in [5, 5.41) is 10.1. The SMILES string of the molecule is COC(C)Cc1nc(-c2ccccc2)c(C(=O)O)s1. The van der Waals surface area contributed by atoms with Crippen molar-refractivity contribution < 1.29 is 14.6 Å². The molecule has 0 bridgehead atoms.